The molecular weight excluding hydrogens is 622 g/mol. The second-order valence-corrected chi connectivity index (χ2v) is 13.2. The Morgan fingerprint density at radius 2 is 1.51 bits per heavy atom. The molecule has 0 aliphatic carbocycles. The largest absolute Gasteiger partial charge is 0.507 e. The standard InChI is InChI=1S/C30H34ClN7O6S/c1-35(2)27(40)14-24-18-37(45(43,44)12-9-20-5-6-23(31)13-26(20)39)19-25(15-28(41)36(3)4)38(24)30(42)22-16-33-29(34-17-22)21-7-10-32-11-8-21/h5-13,16-17,24-25,39H,14-15,18-19H2,1-4H3/b12-9+. The van der Waals surface area contributed by atoms with Gasteiger partial charge in [0, 0.05) is 100 Å². The van der Waals surface area contributed by atoms with Crippen LogP contribution in [0.15, 0.2) is 60.5 Å². The van der Waals surface area contributed by atoms with Crippen LogP contribution < -0.4 is 0 Å². The molecule has 0 bridgehead atoms. The average Bonchev–Trinajstić information content (AvgIpc) is 3.00. The molecule has 1 N–H and O–H groups in total. The summed E-state index contributed by atoms with van der Waals surface area (Å²) in [5.41, 5.74) is 1.05. The number of phenolic OH excluding ortho intramolecular Hbond substituents is 1. The first kappa shape index (κ1) is 33.5. The van der Waals surface area contributed by atoms with Gasteiger partial charge in [0.15, 0.2) is 5.82 Å². The summed E-state index contributed by atoms with van der Waals surface area (Å²) in [5, 5.41) is 11.4. The van der Waals surface area contributed by atoms with E-state index in [2.05, 4.69) is 15.0 Å². The van der Waals surface area contributed by atoms with Crippen LogP contribution >= 0.6 is 11.6 Å². The van der Waals surface area contributed by atoms with E-state index in [1.54, 1.807) is 52.7 Å². The van der Waals surface area contributed by atoms with E-state index in [4.69, 9.17) is 11.6 Å². The molecule has 3 aromatic rings. The van der Waals surface area contributed by atoms with Crippen molar-refractivity contribution in [3.8, 4) is 17.1 Å². The fraction of sp³-hybridized carbons (Fsp3) is 0.333. The predicted octanol–water partition coefficient (Wildman–Crippen LogP) is 2.35. The lowest BCUT2D eigenvalue weighted by atomic mass is 10.00. The van der Waals surface area contributed by atoms with Gasteiger partial charge in [-0.15, -0.1) is 0 Å². The van der Waals surface area contributed by atoms with Gasteiger partial charge < -0.3 is 19.8 Å². The zero-order valence-corrected chi connectivity index (χ0v) is 26.8. The summed E-state index contributed by atoms with van der Waals surface area (Å²) in [6, 6.07) is 5.88. The normalized spacial score (nSPS) is 17.3. The van der Waals surface area contributed by atoms with Crippen molar-refractivity contribution >= 4 is 45.4 Å². The first-order chi connectivity index (χ1) is 21.3. The Hall–Kier alpha value is -4.40. The Kier molecular flexibility index (Phi) is 10.5. The number of sulfonamides is 1. The van der Waals surface area contributed by atoms with Gasteiger partial charge in [0.2, 0.25) is 21.8 Å². The van der Waals surface area contributed by atoms with Crippen LogP contribution in [0.4, 0.5) is 0 Å². The summed E-state index contributed by atoms with van der Waals surface area (Å²) in [6.45, 7) is -0.430. The van der Waals surface area contributed by atoms with Crippen molar-refractivity contribution < 1.29 is 27.9 Å². The summed E-state index contributed by atoms with van der Waals surface area (Å²) in [6.07, 6.45) is 6.76. The Bertz CT molecular complexity index is 1650. The minimum Gasteiger partial charge on any atom is -0.507 e. The number of aromatic hydroxyl groups is 1. The molecule has 1 fully saturated rings. The van der Waals surface area contributed by atoms with Crippen LogP contribution in [0.2, 0.25) is 5.02 Å². The van der Waals surface area contributed by atoms with Crippen molar-refractivity contribution in [1.82, 2.24) is 34.0 Å². The molecule has 2 unspecified atom stereocenters. The molecule has 0 spiro atoms. The lowest BCUT2D eigenvalue weighted by molar-refractivity contribution is -0.131. The number of aromatic nitrogens is 3. The summed E-state index contributed by atoms with van der Waals surface area (Å²) in [7, 11) is 2.10. The third-order valence-electron chi connectivity index (χ3n) is 7.28. The molecule has 45 heavy (non-hydrogen) atoms. The van der Waals surface area contributed by atoms with Gasteiger partial charge >= 0.3 is 0 Å². The zero-order chi connectivity index (χ0) is 32.9. The molecule has 1 aliphatic heterocycles. The number of halogens is 1. The maximum absolute atomic E-state index is 14.1. The monoisotopic (exact) mass is 655 g/mol. The first-order valence-corrected chi connectivity index (χ1v) is 15.8. The van der Waals surface area contributed by atoms with Gasteiger partial charge in [0.05, 0.1) is 17.6 Å². The summed E-state index contributed by atoms with van der Waals surface area (Å²) in [4.78, 5) is 56.7. The fourth-order valence-corrected chi connectivity index (χ4v) is 6.21. The van der Waals surface area contributed by atoms with Gasteiger partial charge in [0.25, 0.3) is 5.91 Å². The summed E-state index contributed by atoms with van der Waals surface area (Å²) in [5.74, 6) is -1.03. The fourth-order valence-electron chi connectivity index (χ4n) is 4.79. The van der Waals surface area contributed by atoms with E-state index < -0.39 is 28.0 Å². The molecule has 15 heteroatoms. The quantitative estimate of drug-likeness (QED) is 0.365. The number of phenols is 1. The van der Waals surface area contributed by atoms with Crippen LogP contribution in [0.1, 0.15) is 28.8 Å². The van der Waals surface area contributed by atoms with E-state index in [9.17, 15) is 27.9 Å². The van der Waals surface area contributed by atoms with E-state index in [1.165, 1.54) is 51.4 Å². The molecular formula is C30H34ClN7O6S. The maximum Gasteiger partial charge on any atom is 0.257 e. The van der Waals surface area contributed by atoms with E-state index in [1.807, 2.05) is 0 Å². The van der Waals surface area contributed by atoms with Crippen LogP contribution in [-0.2, 0) is 19.6 Å². The summed E-state index contributed by atoms with van der Waals surface area (Å²) < 4.78 is 28.3. The SMILES string of the molecule is CN(C)C(=O)CC1CN(S(=O)(=O)/C=C/c2ccc(Cl)cc2O)CC(CC(=O)N(C)C)N1C(=O)c1cnc(-c2ccncc2)nc1. The molecule has 0 radical (unpaired) electrons. The number of pyridine rings is 1. The molecule has 3 amide bonds. The second kappa shape index (κ2) is 14.1. The number of benzene rings is 1. The number of carbonyl (C=O) groups is 3. The van der Waals surface area contributed by atoms with Gasteiger partial charge in [-0.2, -0.15) is 4.31 Å². The van der Waals surface area contributed by atoms with Crippen LogP contribution in [0.25, 0.3) is 17.5 Å². The van der Waals surface area contributed by atoms with Crippen molar-refractivity contribution in [2.24, 2.45) is 0 Å². The average molecular weight is 656 g/mol. The van der Waals surface area contributed by atoms with Gasteiger partial charge in [-0.05, 0) is 36.4 Å². The minimum absolute atomic E-state index is 0.117. The number of hydrogen-bond donors (Lipinski definition) is 1. The highest BCUT2D eigenvalue weighted by molar-refractivity contribution is 7.92. The highest BCUT2D eigenvalue weighted by Crippen LogP contribution is 2.28. The van der Waals surface area contributed by atoms with Crippen molar-refractivity contribution in [1.29, 1.82) is 0 Å². The predicted molar refractivity (Wildman–Crippen MR) is 168 cm³/mol. The molecule has 1 aromatic carbocycles. The third kappa shape index (κ3) is 8.21. The van der Waals surface area contributed by atoms with E-state index >= 15 is 0 Å². The Labute approximate surface area is 266 Å². The number of rotatable bonds is 9. The number of piperazine rings is 1. The first-order valence-electron chi connectivity index (χ1n) is 13.9. The van der Waals surface area contributed by atoms with Crippen molar-refractivity contribution in [3.63, 3.8) is 0 Å². The van der Waals surface area contributed by atoms with Crippen molar-refractivity contribution in [2.75, 3.05) is 41.3 Å². The molecule has 1 saturated heterocycles. The van der Waals surface area contributed by atoms with E-state index in [-0.39, 0.29) is 59.6 Å². The third-order valence-corrected chi connectivity index (χ3v) is 9.01. The van der Waals surface area contributed by atoms with Gasteiger partial charge in [-0.25, -0.2) is 18.4 Å². The van der Waals surface area contributed by atoms with Crippen molar-refractivity contribution in [3.05, 3.63) is 76.7 Å². The van der Waals surface area contributed by atoms with Crippen LogP contribution in [0, 0.1) is 0 Å². The van der Waals surface area contributed by atoms with E-state index in [0.29, 0.717) is 11.4 Å². The topological polar surface area (TPSA) is 157 Å². The van der Waals surface area contributed by atoms with Crippen molar-refractivity contribution in [2.45, 2.75) is 24.9 Å². The number of carbonyl (C=O) groups excluding carboxylic acids is 3. The lowest BCUT2D eigenvalue weighted by Crippen LogP contribution is -2.62. The van der Waals surface area contributed by atoms with Crippen LogP contribution in [-0.4, -0.2) is 119 Å². The molecule has 238 valence electrons. The molecule has 2 aromatic heterocycles. The van der Waals surface area contributed by atoms with Crippen LogP contribution in [0.3, 0.4) is 0 Å². The number of hydrogen-bond acceptors (Lipinski definition) is 9. The van der Waals surface area contributed by atoms with Gasteiger partial charge in [-0.1, -0.05) is 11.6 Å². The maximum atomic E-state index is 14.1. The highest BCUT2D eigenvalue weighted by atomic mass is 35.5. The Balaban J connectivity index is 1.71. The van der Waals surface area contributed by atoms with Gasteiger partial charge in [-0.3, -0.25) is 19.4 Å². The highest BCUT2D eigenvalue weighted by Gasteiger charge is 2.43. The minimum atomic E-state index is -4.15. The van der Waals surface area contributed by atoms with Crippen LogP contribution in [0.5, 0.6) is 5.75 Å². The second-order valence-electron chi connectivity index (χ2n) is 10.9. The molecule has 0 saturated carbocycles. The zero-order valence-electron chi connectivity index (χ0n) is 25.2. The molecule has 1 aliphatic rings. The smallest absolute Gasteiger partial charge is 0.257 e. The molecule has 4 rings (SSSR count). The van der Waals surface area contributed by atoms with Gasteiger partial charge in [0.1, 0.15) is 5.75 Å². The molecule has 3 heterocycles. The Morgan fingerprint density at radius 3 is 2.02 bits per heavy atom. The lowest BCUT2D eigenvalue weighted by Gasteiger charge is -2.46. The number of amides is 3. The molecule has 13 nitrogen and oxygen atoms in total. The molecule has 2 atom stereocenters. The Morgan fingerprint density at radius 1 is 0.956 bits per heavy atom. The van der Waals surface area contributed by atoms with E-state index in [0.717, 1.165) is 9.71 Å². The summed E-state index contributed by atoms with van der Waals surface area (Å²) >= 11 is 5.89. The number of nitrogens with zero attached hydrogens (tertiary/aromatic N) is 7.